The van der Waals surface area contributed by atoms with Gasteiger partial charge in [0.05, 0.1) is 18.3 Å². The van der Waals surface area contributed by atoms with Gasteiger partial charge in [0.15, 0.2) is 18.3 Å². The highest BCUT2D eigenvalue weighted by atomic mass is 16.6. The molecule has 2 aromatic carbocycles. The van der Waals surface area contributed by atoms with Gasteiger partial charge in [0.2, 0.25) is 0 Å². The molecule has 1 saturated heterocycles. The summed E-state index contributed by atoms with van der Waals surface area (Å²) in [5.41, 5.74) is 2.08. The number of para-hydroxylation sites is 3. The van der Waals surface area contributed by atoms with Crippen LogP contribution in [0.3, 0.4) is 0 Å². The van der Waals surface area contributed by atoms with Crippen molar-refractivity contribution in [1.82, 2.24) is 9.78 Å². The zero-order chi connectivity index (χ0) is 19.7. The van der Waals surface area contributed by atoms with Crippen LogP contribution >= 0.6 is 0 Å². The molecule has 1 aliphatic heterocycles. The lowest BCUT2D eigenvalue weighted by Crippen LogP contribution is -2.61. The summed E-state index contributed by atoms with van der Waals surface area (Å²) in [5.74, 6) is 1.72. The number of fused-ring (bicyclic) bond motifs is 1. The van der Waals surface area contributed by atoms with Gasteiger partial charge >= 0.3 is 0 Å². The van der Waals surface area contributed by atoms with Crippen LogP contribution in [0.1, 0.15) is 0 Å². The molecule has 0 N–H and O–H groups in total. The number of nitrogens with zero attached hydrogens (tertiary/aromatic N) is 4. The third-order valence-electron chi connectivity index (χ3n) is 5.33. The first-order chi connectivity index (χ1) is 13.7. The van der Waals surface area contributed by atoms with E-state index >= 15 is 0 Å². The van der Waals surface area contributed by atoms with E-state index in [-0.39, 0.29) is 12.5 Å². The molecule has 2 heterocycles. The van der Waals surface area contributed by atoms with Gasteiger partial charge in [0.1, 0.15) is 5.75 Å². The molecule has 1 aromatic heterocycles. The number of anilines is 2. The Balaban J connectivity index is 1.73. The van der Waals surface area contributed by atoms with Gasteiger partial charge in [0.25, 0.3) is 0 Å². The fourth-order valence-corrected chi connectivity index (χ4v) is 4.02. The summed E-state index contributed by atoms with van der Waals surface area (Å²) in [6, 6.07) is 16.2. The van der Waals surface area contributed by atoms with Crippen LogP contribution in [0.15, 0.2) is 48.5 Å². The molecule has 0 spiro atoms. The summed E-state index contributed by atoms with van der Waals surface area (Å²) in [7, 11) is 7.07. The molecule has 0 amide bonds. The van der Waals surface area contributed by atoms with Crippen molar-refractivity contribution in [3.63, 3.8) is 0 Å². The molecule has 2 unspecified atom stereocenters. The molecule has 7 nitrogen and oxygen atoms in total. The lowest BCUT2D eigenvalue weighted by atomic mass is 10.1. The molecule has 0 bridgehead atoms. The summed E-state index contributed by atoms with van der Waals surface area (Å²) in [5, 5.41) is 5.88. The van der Waals surface area contributed by atoms with Crippen LogP contribution < -0.4 is 14.5 Å². The monoisotopic (exact) mass is 382 g/mol. The molecular weight excluding hydrogens is 356 g/mol. The van der Waals surface area contributed by atoms with E-state index in [9.17, 15) is 0 Å². The Morgan fingerprint density at radius 2 is 1.50 bits per heavy atom. The first-order valence-corrected chi connectivity index (χ1v) is 9.33. The fraction of sp³-hybridized carbons (Fsp3) is 0.381. The van der Waals surface area contributed by atoms with Crippen LogP contribution in [0.5, 0.6) is 5.75 Å². The Morgan fingerprint density at radius 3 is 2.25 bits per heavy atom. The van der Waals surface area contributed by atoms with Gasteiger partial charge in [-0.05, 0) is 24.3 Å². The zero-order valence-electron chi connectivity index (χ0n) is 16.7. The smallest absolute Gasteiger partial charge is 0.176 e. The highest BCUT2D eigenvalue weighted by Gasteiger charge is 2.39. The molecule has 28 heavy (non-hydrogen) atoms. The Morgan fingerprint density at radius 1 is 0.857 bits per heavy atom. The molecule has 2 atom stereocenters. The molecule has 4 rings (SSSR count). The minimum absolute atomic E-state index is 0.309. The molecule has 0 aliphatic carbocycles. The minimum atomic E-state index is -0.318. The van der Waals surface area contributed by atoms with Crippen molar-refractivity contribution in [2.24, 2.45) is 7.05 Å². The number of hydrogen-bond donors (Lipinski definition) is 0. The van der Waals surface area contributed by atoms with Crippen molar-refractivity contribution in [2.75, 3.05) is 44.2 Å². The van der Waals surface area contributed by atoms with Gasteiger partial charge in [-0.25, -0.2) is 0 Å². The van der Waals surface area contributed by atoms with Crippen LogP contribution in [-0.4, -0.2) is 56.7 Å². The summed E-state index contributed by atoms with van der Waals surface area (Å²) >= 11 is 0. The lowest BCUT2D eigenvalue weighted by Gasteiger charge is -2.47. The number of ether oxygens (including phenoxy) is 3. The van der Waals surface area contributed by atoms with Crippen molar-refractivity contribution in [2.45, 2.75) is 12.5 Å². The van der Waals surface area contributed by atoms with E-state index in [4.69, 9.17) is 19.3 Å². The number of rotatable bonds is 5. The third kappa shape index (κ3) is 2.96. The van der Waals surface area contributed by atoms with Crippen molar-refractivity contribution in [3.05, 3.63) is 48.5 Å². The molecule has 3 aromatic rings. The summed E-state index contributed by atoms with van der Waals surface area (Å²) in [6.07, 6.45) is -0.627. The first-order valence-electron chi connectivity index (χ1n) is 9.33. The number of aromatic nitrogens is 2. The van der Waals surface area contributed by atoms with Gasteiger partial charge < -0.3 is 24.0 Å². The number of piperazine rings is 1. The maximum absolute atomic E-state index is 5.91. The quantitative estimate of drug-likeness (QED) is 0.676. The van der Waals surface area contributed by atoms with Crippen LogP contribution in [0.4, 0.5) is 11.5 Å². The number of aryl methyl sites for hydroxylation is 1. The summed E-state index contributed by atoms with van der Waals surface area (Å²) < 4.78 is 19.3. The van der Waals surface area contributed by atoms with E-state index in [1.165, 1.54) is 0 Å². The predicted octanol–water partition coefficient (Wildman–Crippen LogP) is 2.85. The maximum atomic E-state index is 5.91. The van der Waals surface area contributed by atoms with E-state index in [1.54, 1.807) is 21.3 Å². The average Bonchev–Trinajstić information content (AvgIpc) is 3.09. The van der Waals surface area contributed by atoms with Crippen LogP contribution in [0.25, 0.3) is 10.9 Å². The van der Waals surface area contributed by atoms with Gasteiger partial charge in [-0.3, -0.25) is 4.68 Å². The highest BCUT2D eigenvalue weighted by Crippen LogP contribution is 2.36. The van der Waals surface area contributed by atoms with Crippen LogP contribution in [0, 0.1) is 0 Å². The molecule has 1 fully saturated rings. The van der Waals surface area contributed by atoms with Crippen molar-refractivity contribution < 1.29 is 14.2 Å². The van der Waals surface area contributed by atoms with Crippen molar-refractivity contribution in [3.8, 4) is 5.75 Å². The zero-order valence-corrected chi connectivity index (χ0v) is 16.7. The molecule has 7 heteroatoms. The summed E-state index contributed by atoms with van der Waals surface area (Å²) in [4.78, 5) is 4.37. The van der Waals surface area contributed by atoms with Crippen LogP contribution in [0.2, 0.25) is 0 Å². The Labute approximate surface area is 165 Å². The standard InChI is InChI=1S/C21H26N4O3/c1-23-16-10-6-5-9-15(16)19(22-23)25-14-13-24(20(27-3)21(25)28-4)17-11-7-8-12-18(17)26-2/h5-12,20-21H,13-14H2,1-4H3. The SMILES string of the molecule is COc1ccccc1N1CCN(c2nn(C)c3ccccc23)C(OC)C1OC. The minimum Gasteiger partial charge on any atom is -0.495 e. The second kappa shape index (κ2) is 7.69. The Bertz CT molecular complexity index is 958. The molecule has 148 valence electrons. The number of benzene rings is 2. The topological polar surface area (TPSA) is 52.0 Å². The molecular formula is C21H26N4O3. The van der Waals surface area contributed by atoms with Crippen molar-refractivity contribution in [1.29, 1.82) is 0 Å². The second-order valence-electron chi connectivity index (χ2n) is 6.78. The van der Waals surface area contributed by atoms with Gasteiger partial charge in [-0.15, -0.1) is 0 Å². The molecule has 0 radical (unpaired) electrons. The summed E-state index contributed by atoms with van der Waals surface area (Å²) in [6.45, 7) is 1.50. The predicted molar refractivity (Wildman–Crippen MR) is 110 cm³/mol. The average molecular weight is 382 g/mol. The van der Waals surface area contributed by atoms with E-state index in [2.05, 4.69) is 21.9 Å². The lowest BCUT2D eigenvalue weighted by molar-refractivity contribution is -0.0473. The number of hydrogen-bond acceptors (Lipinski definition) is 6. The fourth-order valence-electron chi connectivity index (χ4n) is 4.02. The number of methoxy groups -OCH3 is 3. The largest absolute Gasteiger partial charge is 0.495 e. The van der Waals surface area contributed by atoms with E-state index in [0.717, 1.165) is 41.2 Å². The molecule has 0 saturated carbocycles. The Kier molecular flexibility index (Phi) is 5.11. The van der Waals surface area contributed by atoms with E-state index < -0.39 is 0 Å². The van der Waals surface area contributed by atoms with Gasteiger partial charge in [-0.1, -0.05) is 24.3 Å². The van der Waals surface area contributed by atoms with E-state index in [1.807, 2.05) is 48.1 Å². The van der Waals surface area contributed by atoms with Gasteiger partial charge in [0, 0.05) is 39.7 Å². The third-order valence-corrected chi connectivity index (χ3v) is 5.33. The maximum Gasteiger partial charge on any atom is 0.176 e. The van der Waals surface area contributed by atoms with E-state index in [0.29, 0.717) is 0 Å². The normalized spacial score (nSPS) is 20.0. The highest BCUT2D eigenvalue weighted by molar-refractivity contribution is 5.90. The molecule has 1 aliphatic rings. The second-order valence-corrected chi connectivity index (χ2v) is 6.78. The van der Waals surface area contributed by atoms with Crippen molar-refractivity contribution >= 4 is 22.4 Å². The van der Waals surface area contributed by atoms with Crippen LogP contribution in [-0.2, 0) is 16.5 Å². The first kappa shape index (κ1) is 18.6. The van der Waals surface area contributed by atoms with Gasteiger partial charge in [-0.2, -0.15) is 5.10 Å². The Hall–Kier alpha value is -2.77.